The fourth-order valence-corrected chi connectivity index (χ4v) is 3.37. The van der Waals surface area contributed by atoms with E-state index < -0.39 is 0 Å². The van der Waals surface area contributed by atoms with Crippen LogP contribution in [0, 0.1) is 0 Å². The summed E-state index contributed by atoms with van der Waals surface area (Å²) in [5.74, 6) is -0.185. The Hall–Kier alpha value is -1.70. The Kier molecular flexibility index (Phi) is 6.11. The van der Waals surface area contributed by atoms with E-state index in [1.54, 1.807) is 24.5 Å². The minimum Gasteiger partial charge on any atom is -0.300 e. The number of aliphatic imine (C=N–C) groups is 1. The van der Waals surface area contributed by atoms with Crippen molar-refractivity contribution in [3.63, 3.8) is 0 Å². The second kappa shape index (κ2) is 8.33. The largest absolute Gasteiger partial charge is 0.300 e. The number of amidine groups is 1. The molecule has 2 heterocycles. The van der Waals surface area contributed by atoms with Crippen LogP contribution in [-0.4, -0.2) is 50.6 Å². The van der Waals surface area contributed by atoms with Gasteiger partial charge < -0.3 is 5.32 Å². The summed E-state index contributed by atoms with van der Waals surface area (Å²) in [6, 6.07) is 12.9. The van der Waals surface area contributed by atoms with Gasteiger partial charge in [0.1, 0.15) is 0 Å². The third-order valence-electron chi connectivity index (χ3n) is 3.52. The zero-order valence-corrected chi connectivity index (χ0v) is 17.4. The van der Waals surface area contributed by atoms with E-state index >= 15 is 0 Å². The zero-order chi connectivity index (χ0) is 17.2. The van der Waals surface area contributed by atoms with Crippen molar-refractivity contribution >= 4 is 86.8 Å². The Labute approximate surface area is 181 Å². The third-order valence-corrected chi connectivity index (χ3v) is 4.75. The molecule has 0 bridgehead atoms. The molecule has 0 saturated carbocycles. The van der Waals surface area contributed by atoms with Gasteiger partial charge in [-0.3, -0.25) is 14.8 Å². The van der Waals surface area contributed by atoms with Crippen LogP contribution in [0.3, 0.4) is 0 Å². The molecule has 3 aromatic rings. The van der Waals surface area contributed by atoms with Gasteiger partial charge in [-0.25, -0.2) is 4.99 Å². The molecule has 1 amide bonds. The first-order valence-electron chi connectivity index (χ1n) is 7.44. The molecule has 1 aliphatic heterocycles. The number of thioether (sulfide) groups is 1. The van der Waals surface area contributed by atoms with Gasteiger partial charge in [-0.2, -0.15) is 0 Å². The van der Waals surface area contributed by atoms with Gasteiger partial charge in [0.2, 0.25) is 0 Å². The van der Waals surface area contributed by atoms with E-state index in [1.165, 1.54) is 11.8 Å². The van der Waals surface area contributed by atoms with E-state index in [0.717, 1.165) is 16.6 Å². The average molecular weight is 390 g/mol. The Balaban J connectivity index is 0.00000196. The Morgan fingerprint density at radius 2 is 1.85 bits per heavy atom. The fraction of sp³-hybridized carbons (Fsp3) is 0. The van der Waals surface area contributed by atoms with Crippen LogP contribution in [-0.2, 0) is 4.79 Å². The summed E-state index contributed by atoms with van der Waals surface area (Å²) in [6.07, 6.45) is 5.10. The molecule has 1 aromatic heterocycles. The smallest absolute Gasteiger partial charge is 0.264 e. The molecule has 1 N–H and O–H groups in total. The van der Waals surface area contributed by atoms with E-state index in [0.29, 0.717) is 20.8 Å². The number of amides is 1. The normalized spacial score (nSPS) is 16.7. The molecule has 0 aliphatic carbocycles. The molecular formula is C18H11ClN4NaOS. The van der Waals surface area contributed by atoms with Crippen molar-refractivity contribution in [2.45, 2.75) is 0 Å². The summed E-state index contributed by atoms with van der Waals surface area (Å²) in [7, 11) is 0. The minimum absolute atomic E-state index is 0. The molecule has 2 aromatic carbocycles. The Bertz CT molecular complexity index is 1050. The fourth-order valence-electron chi connectivity index (χ4n) is 2.35. The Morgan fingerprint density at radius 1 is 1.08 bits per heavy atom. The van der Waals surface area contributed by atoms with Crippen molar-refractivity contribution in [2.75, 3.05) is 0 Å². The number of hydrogen-bond acceptors (Lipinski definition) is 5. The van der Waals surface area contributed by atoms with E-state index in [2.05, 4.69) is 20.3 Å². The molecule has 1 fully saturated rings. The Morgan fingerprint density at radius 3 is 2.65 bits per heavy atom. The van der Waals surface area contributed by atoms with Gasteiger partial charge in [-0.15, -0.1) is 0 Å². The van der Waals surface area contributed by atoms with Crippen molar-refractivity contribution in [3.8, 4) is 0 Å². The van der Waals surface area contributed by atoms with Crippen LogP contribution < -0.4 is 5.32 Å². The van der Waals surface area contributed by atoms with Crippen molar-refractivity contribution in [2.24, 2.45) is 4.99 Å². The van der Waals surface area contributed by atoms with E-state index in [-0.39, 0.29) is 35.5 Å². The number of rotatable bonds is 2. The molecule has 0 unspecified atom stereocenters. The first-order chi connectivity index (χ1) is 12.2. The second-order valence-electron chi connectivity index (χ2n) is 5.24. The predicted molar refractivity (Wildman–Crippen MR) is 108 cm³/mol. The van der Waals surface area contributed by atoms with Crippen LogP contribution in [0.2, 0.25) is 5.02 Å². The van der Waals surface area contributed by atoms with Crippen LogP contribution >= 0.6 is 23.4 Å². The number of aromatic nitrogens is 2. The molecule has 1 aliphatic rings. The number of nitrogens with one attached hydrogen (secondary N) is 1. The number of hydrogen-bond donors (Lipinski definition) is 1. The minimum atomic E-state index is -0.185. The predicted octanol–water partition coefficient (Wildman–Crippen LogP) is 3.79. The molecule has 5 nitrogen and oxygen atoms in total. The molecule has 4 rings (SSSR count). The summed E-state index contributed by atoms with van der Waals surface area (Å²) < 4.78 is 0. The quantitative estimate of drug-likeness (QED) is 0.535. The van der Waals surface area contributed by atoms with E-state index in [1.807, 2.05) is 36.4 Å². The number of benzene rings is 2. The van der Waals surface area contributed by atoms with Gasteiger partial charge in [0.15, 0.2) is 5.17 Å². The molecule has 123 valence electrons. The monoisotopic (exact) mass is 389 g/mol. The number of carbonyl (C=O) groups excluding carboxylic acids is 1. The van der Waals surface area contributed by atoms with Crippen molar-refractivity contribution in [1.29, 1.82) is 0 Å². The topological polar surface area (TPSA) is 67.2 Å². The maximum absolute atomic E-state index is 12.2. The molecule has 0 atom stereocenters. The molecule has 8 heteroatoms. The van der Waals surface area contributed by atoms with Crippen LogP contribution in [0.4, 0.5) is 5.69 Å². The standard InChI is InChI=1S/C18H11ClN4OS.Na/c19-12-3-1-2-4-13(12)22-18-23-17(24)16(25-18)10-11-5-6-14-15(9-11)21-8-7-20-14;/h1-10H,(H,22,23,24);. The average Bonchev–Trinajstić information content (AvgIpc) is 2.96. The third kappa shape index (κ3) is 4.16. The summed E-state index contributed by atoms with van der Waals surface area (Å²) >= 11 is 7.38. The van der Waals surface area contributed by atoms with Crippen LogP contribution in [0.5, 0.6) is 0 Å². The van der Waals surface area contributed by atoms with Gasteiger partial charge in [0, 0.05) is 42.0 Å². The van der Waals surface area contributed by atoms with Crippen molar-refractivity contribution in [1.82, 2.24) is 15.3 Å². The van der Waals surface area contributed by atoms with Gasteiger partial charge in [-0.1, -0.05) is 29.8 Å². The number of carbonyl (C=O) groups is 1. The van der Waals surface area contributed by atoms with Crippen LogP contribution in [0.15, 0.2) is 64.8 Å². The summed E-state index contributed by atoms with van der Waals surface area (Å²) in [5.41, 5.74) is 3.10. The summed E-state index contributed by atoms with van der Waals surface area (Å²) in [6.45, 7) is 0. The van der Waals surface area contributed by atoms with E-state index in [9.17, 15) is 4.79 Å². The molecule has 26 heavy (non-hydrogen) atoms. The number of fused-ring (bicyclic) bond motifs is 1. The van der Waals surface area contributed by atoms with Crippen LogP contribution in [0.25, 0.3) is 17.1 Å². The van der Waals surface area contributed by atoms with Gasteiger partial charge >= 0.3 is 0 Å². The summed E-state index contributed by atoms with van der Waals surface area (Å²) in [4.78, 5) is 25.7. The van der Waals surface area contributed by atoms with Crippen LogP contribution in [0.1, 0.15) is 5.56 Å². The first kappa shape index (κ1) is 19.1. The molecule has 0 spiro atoms. The first-order valence-corrected chi connectivity index (χ1v) is 8.63. The molecule has 1 saturated heterocycles. The second-order valence-corrected chi connectivity index (χ2v) is 6.68. The SMILES string of the molecule is O=C1NC(=Nc2ccccc2Cl)SC1=Cc1ccc2nccnc2c1.[Na]. The van der Waals surface area contributed by atoms with Crippen molar-refractivity contribution < 1.29 is 4.79 Å². The number of nitrogens with zero attached hydrogens (tertiary/aromatic N) is 3. The van der Waals surface area contributed by atoms with Gasteiger partial charge in [0.25, 0.3) is 5.91 Å². The zero-order valence-electron chi connectivity index (χ0n) is 13.8. The molecule has 1 radical (unpaired) electrons. The van der Waals surface area contributed by atoms with Crippen molar-refractivity contribution in [3.05, 3.63) is 70.3 Å². The molecular weight excluding hydrogens is 379 g/mol. The van der Waals surface area contributed by atoms with Gasteiger partial charge in [-0.05, 0) is 47.7 Å². The maximum atomic E-state index is 12.2. The van der Waals surface area contributed by atoms with E-state index in [4.69, 9.17) is 11.6 Å². The van der Waals surface area contributed by atoms with Gasteiger partial charge in [0.05, 0.1) is 26.6 Å². The maximum Gasteiger partial charge on any atom is 0.264 e. The number of para-hydroxylation sites is 1. The number of halogens is 1. The summed E-state index contributed by atoms with van der Waals surface area (Å²) in [5, 5.41) is 3.80.